The topological polar surface area (TPSA) is 96.3 Å². The van der Waals surface area contributed by atoms with Gasteiger partial charge >= 0.3 is 0 Å². The van der Waals surface area contributed by atoms with Crippen molar-refractivity contribution in [3.05, 3.63) is 53.6 Å². The number of benzene rings is 1. The molecule has 4 N–H and O–H groups in total. The fourth-order valence-corrected chi connectivity index (χ4v) is 4.75. The Hall–Kier alpha value is -2.97. The van der Waals surface area contributed by atoms with Crippen LogP contribution in [0.3, 0.4) is 0 Å². The quantitative estimate of drug-likeness (QED) is 0.586. The lowest BCUT2D eigenvalue weighted by molar-refractivity contribution is -0.131. The second-order valence-corrected chi connectivity index (χ2v) is 8.60. The number of aromatic amines is 1. The highest BCUT2D eigenvalue weighted by molar-refractivity contribution is 5.86. The number of carbonyl (C=O) groups excluding carboxylic acids is 1. The highest BCUT2D eigenvalue weighted by Crippen LogP contribution is 2.32. The van der Waals surface area contributed by atoms with Crippen molar-refractivity contribution >= 4 is 16.9 Å². The molecule has 0 saturated carbocycles. The summed E-state index contributed by atoms with van der Waals surface area (Å²) in [7, 11) is 0. The van der Waals surface area contributed by atoms with E-state index in [1.807, 2.05) is 18.0 Å². The molecule has 3 aromatic rings. The average Bonchev–Trinajstić information content (AvgIpc) is 3.45. The number of H-pyrrole nitrogens is 1. The van der Waals surface area contributed by atoms with Gasteiger partial charge in [0.1, 0.15) is 11.4 Å². The molecular weight excluding hydrogens is 397 g/mol. The molecule has 2 aliphatic heterocycles. The van der Waals surface area contributed by atoms with Gasteiger partial charge in [-0.3, -0.25) is 4.79 Å². The second-order valence-electron chi connectivity index (χ2n) is 8.60. The number of aryl methyl sites for hydroxylation is 1. The van der Waals surface area contributed by atoms with Crippen LogP contribution in [0.15, 0.2) is 36.7 Å². The van der Waals surface area contributed by atoms with E-state index in [-0.39, 0.29) is 18.1 Å². The normalized spacial score (nSPS) is 21.5. The summed E-state index contributed by atoms with van der Waals surface area (Å²) in [5.74, 6) is 1.16. The number of hydrogen-bond donors (Lipinski definition) is 3. The largest absolute Gasteiger partial charge is 0.453 e. The standard InChI is InChI=1S/C23H26FN5O2/c1-13-8-28-22-21(13)20(4-5-27-22)31-19-3-2-14(6-17(19)24)7-18(25)23(30)29-11-15-9-26-10-16(15)12-29/h2-6,8,15-16,18,26H,7,9-12,25H2,1H3,(H,27,28). The van der Waals surface area contributed by atoms with Gasteiger partial charge in [0.2, 0.25) is 5.91 Å². The zero-order valence-electron chi connectivity index (χ0n) is 17.4. The van der Waals surface area contributed by atoms with Crippen LogP contribution in [0.2, 0.25) is 0 Å². The summed E-state index contributed by atoms with van der Waals surface area (Å²) >= 11 is 0. The number of amides is 1. The minimum absolute atomic E-state index is 0.0581. The number of hydrogen-bond acceptors (Lipinski definition) is 5. The molecule has 8 heteroatoms. The third-order valence-electron chi connectivity index (χ3n) is 6.42. The van der Waals surface area contributed by atoms with Crippen molar-refractivity contribution in [2.75, 3.05) is 26.2 Å². The molecule has 1 amide bonds. The van der Waals surface area contributed by atoms with Gasteiger partial charge in [0.25, 0.3) is 0 Å². The van der Waals surface area contributed by atoms with Crippen LogP contribution in [0.5, 0.6) is 11.5 Å². The fourth-order valence-electron chi connectivity index (χ4n) is 4.75. The summed E-state index contributed by atoms with van der Waals surface area (Å²) in [6, 6.07) is 5.78. The average molecular weight is 423 g/mol. The molecule has 0 bridgehead atoms. The Morgan fingerprint density at radius 2 is 2.06 bits per heavy atom. The highest BCUT2D eigenvalue weighted by atomic mass is 19.1. The Morgan fingerprint density at radius 1 is 1.29 bits per heavy atom. The highest BCUT2D eigenvalue weighted by Gasteiger charge is 2.39. The maximum Gasteiger partial charge on any atom is 0.239 e. The number of likely N-dealkylation sites (tertiary alicyclic amines) is 1. The van der Waals surface area contributed by atoms with Crippen LogP contribution in [0.25, 0.3) is 11.0 Å². The third kappa shape index (κ3) is 3.77. The van der Waals surface area contributed by atoms with E-state index in [0.29, 0.717) is 28.8 Å². The Labute approximate surface area is 179 Å². The van der Waals surface area contributed by atoms with Crippen LogP contribution in [0.1, 0.15) is 11.1 Å². The first-order valence-corrected chi connectivity index (χ1v) is 10.6. The van der Waals surface area contributed by atoms with Crippen LogP contribution in [-0.4, -0.2) is 53.0 Å². The van der Waals surface area contributed by atoms with Gasteiger partial charge in [-0.1, -0.05) is 6.07 Å². The van der Waals surface area contributed by atoms with E-state index >= 15 is 0 Å². The molecule has 5 rings (SSSR count). The number of pyridine rings is 1. The molecule has 4 heterocycles. The van der Waals surface area contributed by atoms with Crippen molar-refractivity contribution in [2.45, 2.75) is 19.4 Å². The van der Waals surface area contributed by atoms with Crippen molar-refractivity contribution in [1.82, 2.24) is 20.2 Å². The van der Waals surface area contributed by atoms with Crippen LogP contribution < -0.4 is 15.8 Å². The predicted octanol–water partition coefficient (Wildman–Crippen LogP) is 2.35. The number of aromatic nitrogens is 2. The molecule has 31 heavy (non-hydrogen) atoms. The van der Waals surface area contributed by atoms with Gasteiger partial charge in [0.05, 0.1) is 11.4 Å². The van der Waals surface area contributed by atoms with Crippen molar-refractivity contribution in [2.24, 2.45) is 17.6 Å². The van der Waals surface area contributed by atoms with Crippen molar-refractivity contribution in [3.8, 4) is 11.5 Å². The van der Waals surface area contributed by atoms with Gasteiger partial charge in [0.15, 0.2) is 11.6 Å². The maximum atomic E-state index is 14.8. The summed E-state index contributed by atoms with van der Waals surface area (Å²) < 4.78 is 20.6. The number of rotatable bonds is 5. The molecule has 2 fully saturated rings. The smallest absolute Gasteiger partial charge is 0.239 e. The monoisotopic (exact) mass is 423 g/mol. The third-order valence-corrected chi connectivity index (χ3v) is 6.42. The Bertz CT molecular complexity index is 1120. The Kier molecular flexibility index (Phi) is 5.11. The lowest BCUT2D eigenvalue weighted by Crippen LogP contribution is -2.44. The van der Waals surface area contributed by atoms with Gasteiger partial charge < -0.3 is 25.7 Å². The van der Waals surface area contributed by atoms with E-state index < -0.39 is 11.9 Å². The number of carbonyl (C=O) groups is 1. The molecule has 2 aliphatic rings. The van der Waals surface area contributed by atoms with Crippen LogP contribution in [-0.2, 0) is 11.2 Å². The lowest BCUT2D eigenvalue weighted by atomic mass is 10.0. The number of nitrogens with one attached hydrogen (secondary N) is 2. The van der Waals surface area contributed by atoms with E-state index in [4.69, 9.17) is 10.5 Å². The van der Waals surface area contributed by atoms with Crippen LogP contribution in [0.4, 0.5) is 4.39 Å². The second kappa shape index (κ2) is 7.94. The molecular formula is C23H26FN5O2. The predicted molar refractivity (Wildman–Crippen MR) is 115 cm³/mol. The number of halogens is 1. The Balaban J connectivity index is 1.27. The molecule has 0 radical (unpaired) electrons. The molecule has 1 aromatic carbocycles. The van der Waals surface area contributed by atoms with Crippen LogP contribution >= 0.6 is 0 Å². The first kappa shape index (κ1) is 20.0. The number of ether oxygens (including phenoxy) is 1. The summed E-state index contributed by atoms with van der Waals surface area (Å²) in [6.45, 7) is 5.37. The maximum absolute atomic E-state index is 14.8. The molecule has 3 unspecified atom stereocenters. The first-order chi connectivity index (χ1) is 15.0. The van der Waals surface area contributed by atoms with Crippen molar-refractivity contribution in [3.63, 3.8) is 0 Å². The number of nitrogens with two attached hydrogens (primary N) is 1. The lowest BCUT2D eigenvalue weighted by Gasteiger charge is -2.22. The van der Waals surface area contributed by atoms with Crippen molar-refractivity contribution < 1.29 is 13.9 Å². The van der Waals surface area contributed by atoms with Gasteiger partial charge in [-0.25, -0.2) is 9.37 Å². The fraction of sp³-hybridized carbons (Fsp3) is 0.391. The number of nitrogens with zero attached hydrogens (tertiary/aromatic N) is 2. The van der Waals surface area contributed by atoms with Crippen LogP contribution in [0, 0.1) is 24.6 Å². The Morgan fingerprint density at radius 3 is 2.81 bits per heavy atom. The molecule has 2 aromatic heterocycles. The summed E-state index contributed by atoms with van der Waals surface area (Å²) in [6.07, 6.45) is 3.75. The van der Waals surface area contributed by atoms with E-state index in [1.54, 1.807) is 24.4 Å². The van der Waals surface area contributed by atoms with Gasteiger partial charge in [-0.05, 0) is 54.5 Å². The van der Waals surface area contributed by atoms with E-state index in [2.05, 4.69) is 15.3 Å². The minimum Gasteiger partial charge on any atom is -0.453 e. The summed E-state index contributed by atoms with van der Waals surface area (Å²) in [4.78, 5) is 21.9. The summed E-state index contributed by atoms with van der Waals surface area (Å²) in [5, 5.41) is 4.19. The van der Waals surface area contributed by atoms with E-state index in [1.165, 1.54) is 6.07 Å². The molecule has 0 aliphatic carbocycles. The zero-order valence-corrected chi connectivity index (χ0v) is 17.4. The molecule has 2 saturated heterocycles. The van der Waals surface area contributed by atoms with Gasteiger partial charge in [-0.2, -0.15) is 0 Å². The van der Waals surface area contributed by atoms with E-state index in [0.717, 1.165) is 37.1 Å². The summed E-state index contributed by atoms with van der Waals surface area (Å²) in [5.41, 5.74) is 8.52. The zero-order chi connectivity index (χ0) is 21.5. The van der Waals surface area contributed by atoms with Gasteiger partial charge in [0, 0.05) is 38.6 Å². The van der Waals surface area contributed by atoms with Gasteiger partial charge in [-0.15, -0.1) is 0 Å². The first-order valence-electron chi connectivity index (χ1n) is 10.6. The SMILES string of the molecule is Cc1c[nH]c2nccc(Oc3ccc(CC(N)C(=O)N4CC5CNCC5C4)cc3F)c12. The van der Waals surface area contributed by atoms with Crippen molar-refractivity contribution in [1.29, 1.82) is 0 Å². The minimum atomic E-state index is -0.680. The molecule has 3 atom stereocenters. The molecule has 162 valence electrons. The molecule has 0 spiro atoms. The number of fused-ring (bicyclic) bond motifs is 2. The van der Waals surface area contributed by atoms with E-state index in [9.17, 15) is 9.18 Å². The molecule has 7 nitrogen and oxygen atoms in total.